The van der Waals surface area contributed by atoms with Gasteiger partial charge in [-0.3, -0.25) is 10.1 Å². The molecule has 3 heterocycles. The molecule has 10 nitrogen and oxygen atoms in total. The maximum absolute atomic E-state index is 13.0. The van der Waals surface area contributed by atoms with Gasteiger partial charge in [0.15, 0.2) is 5.82 Å². The van der Waals surface area contributed by atoms with Crippen LogP contribution in [0.25, 0.3) is 5.82 Å². The average molecular weight is 457 g/mol. The molecular formula is C21H24N6O4S. The summed E-state index contributed by atoms with van der Waals surface area (Å²) >= 11 is 0. The molecule has 1 saturated heterocycles. The first-order chi connectivity index (χ1) is 15.4. The second-order valence-electron chi connectivity index (χ2n) is 7.84. The lowest BCUT2D eigenvalue weighted by atomic mass is 10.0. The number of piperidine rings is 1. The predicted octanol–water partition coefficient (Wildman–Crippen LogP) is 3.21. The second kappa shape index (κ2) is 9.05. The van der Waals surface area contributed by atoms with E-state index in [0.29, 0.717) is 18.9 Å². The highest BCUT2D eigenvalue weighted by Gasteiger charge is 2.30. The Kier molecular flexibility index (Phi) is 6.19. The van der Waals surface area contributed by atoms with Crippen molar-refractivity contribution < 1.29 is 13.3 Å². The molecular weight excluding hydrogens is 432 g/mol. The van der Waals surface area contributed by atoms with Gasteiger partial charge in [-0.1, -0.05) is 13.0 Å². The van der Waals surface area contributed by atoms with Gasteiger partial charge in [-0.25, -0.2) is 18.1 Å². The number of nitro groups is 1. The third-order valence-electron chi connectivity index (χ3n) is 5.48. The minimum Gasteiger partial charge on any atom is -0.375 e. The Morgan fingerprint density at radius 3 is 2.81 bits per heavy atom. The summed E-state index contributed by atoms with van der Waals surface area (Å²) < 4.78 is 29.1. The third-order valence-corrected chi connectivity index (χ3v) is 7.34. The third kappa shape index (κ3) is 4.48. The van der Waals surface area contributed by atoms with Crippen LogP contribution in [0.5, 0.6) is 0 Å². The quantitative estimate of drug-likeness (QED) is 0.428. The highest BCUT2D eigenvalue weighted by Crippen LogP contribution is 2.31. The normalized spacial score (nSPS) is 17.2. The largest absolute Gasteiger partial charge is 0.375 e. The molecule has 1 aliphatic heterocycles. The summed E-state index contributed by atoms with van der Waals surface area (Å²) in [6.07, 6.45) is 6.80. The number of nitro benzene ring substituents is 1. The molecule has 0 aliphatic carbocycles. The van der Waals surface area contributed by atoms with Crippen LogP contribution in [-0.4, -0.2) is 45.5 Å². The second-order valence-corrected chi connectivity index (χ2v) is 9.77. The van der Waals surface area contributed by atoms with Gasteiger partial charge in [0.05, 0.1) is 9.82 Å². The van der Waals surface area contributed by atoms with Gasteiger partial charge in [0.2, 0.25) is 10.0 Å². The van der Waals surface area contributed by atoms with Crippen molar-refractivity contribution in [2.75, 3.05) is 18.4 Å². The molecule has 0 bridgehead atoms. The highest BCUT2D eigenvalue weighted by molar-refractivity contribution is 7.89. The van der Waals surface area contributed by atoms with Crippen LogP contribution in [0.1, 0.15) is 25.3 Å². The van der Waals surface area contributed by atoms with E-state index in [1.165, 1.54) is 16.4 Å². The van der Waals surface area contributed by atoms with Crippen LogP contribution in [0, 0.1) is 16.0 Å². The molecule has 1 aliphatic rings. The number of benzene rings is 1. The fourth-order valence-corrected chi connectivity index (χ4v) is 5.46. The predicted molar refractivity (Wildman–Crippen MR) is 119 cm³/mol. The zero-order valence-corrected chi connectivity index (χ0v) is 18.4. The number of sulfonamides is 1. The van der Waals surface area contributed by atoms with Crippen LogP contribution in [0.15, 0.2) is 59.9 Å². The van der Waals surface area contributed by atoms with Gasteiger partial charge < -0.3 is 5.32 Å². The molecule has 32 heavy (non-hydrogen) atoms. The maximum atomic E-state index is 13.0. The Balaban J connectivity index is 1.59. The van der Waals surface area contributed by atoms with Crippen molar-refractivity contribution in [1.29, 1.82) is 0 Å². The molecule has 1 aromatic carbocycles. The number of hydrogen-bond donors (Lipinski definition) is 1. The number of rotatable bonds is 7. The van der Waals surface area contributed by atoms with Crippen LogP contribution >= 0.6 is 0 Å². The summed E-state index contributed by atoms with van der Waals surface area (Å²) in [7, 11) is -3.79. The van der Waals surface area contributed by atoms with E-state index in [2.05, 4.69) is 15.4 Å². The summed E-state index contributed by atoms with van der Waals surface area (Å²) in [5, 5.41) is 19.0. The van der Waals surface area contributed by atoms with E-state index >= 15 is 0 Å². The molecule has 0 amide bonds. The van der Waals surface area contributed by atoms with Crippen LogP contribution in [0.2, 0.25) is 0 Å². The Morgan fingerprint density at radius 2 is 2.09 bits per heavy atom. The highest BCUT2D eigenvalue weighted by atomic mass is 32.2. The zero-order valence-electron chi connectivity index (χ0n) is 17.6. The van der Waals surface area contributed by atoms with E-state index in [1.807, 2.05) is 13.0 Å². The number of hydrogen-bond acceptors (Lipinski definition) is 7. The molecule has 0 spiro atoms. The van der Waals surface area contributed by atoms with Crippen LogP contribution in [-0.2, 0) is 16.6 Å². The molecule has 1 fully saturated rings. The molecule has 0 saturated carbocycles. The van der Waals surface area contributed by atoms with Gasteiger partial charge in [0.1, 0.15) is 5.69 Å². The maximum Gasteiger partial charge on any atom is 0.293 e. The molecule has 1 unspecified atom stereocenters. The summed E-state index contributed by atoms with van der Waals surface area (Å²) in [5.74, 6) is 0.865. The van der Waals surface area contributed by atoms with E-state index in [9.17, 15) is 18.5 Å². The van der Waals surface area contributed by atoms with Crippen molar-refractivity contribution in [3.8, 4) is 5.82 Å². The summed E-state index contributed by atoms with van der Waals surface area (Å²) in [5.41, 5.74) is 0.724. The van der Waals surface area contributed by atoms with Gasteiger partial charge in [-0.05, 0) is 43.0 Å². The molecule has 4 rings (SSSR count). The standard InChI is InChI=1S/C21H24N6O4S/c1-16-5-3-11-25(15-16)32(30,31)18-7-8-19(20(13-18)27(28)29)23-14-17-6-2-9-22-21(17)26-12-4-10-24-26/h2,4,6-10,12-13,16,23H,3,5,11,14-15H2,1H3. The van der Waals surface area contributed by atoms with Gasteiger partial charge in [0.25, 0.3) is 5.69 Å². The lowest BCUT2D eigenvalue weighted by Crippen LogP contribution is -2.39. The molecule has 1 N–H and O–H groups in total. The fraction of sp³-hybridized carbons (Fsp3) is 0.333. The van der Waals surface area contributed by atoms with Crippen molar-refractivity contribution >= 4 is 21.4 Å². The number of nitrogens with zero attached hydrogens (tertiary/aromatic N) is 5. The van der Waals surface area contributed by atoms with E-state index in [1.54, 1.807) is 35.4 Å². The van der Waals surface area contributed by atoms with Crippen molar-refractivity contribution in [1.82, 2.24) is 19.1 Å². The van der Waals surface area contributed by atoms with Crippen LogP contribution in [0.3, 0.4) is 0 Å². The lowest BCUT2D eigenvalue weighted by molar-refractivity contribution is -0.384. The zero-order chi connectivity index (χ0) is 22.7. The van der Waals surface area contributed by atoms with Crippen molar-refractivity contribution in [2.24, 2.45) is 5.92 Å². The smallest absolute Gasteiger partial charge is 0.293 e. The minimum atomic E-state index is -3.79. The van der Waals surface area contributed by atoms with Gasteiger partial charge in [0, 0.05) is 49.9 Å². The Morgan fingerprint density at radius 1 is 1.25 bits per heavy atom. The van der Waals surface area contributed by atoms with Gasteiger partial charge >= 0.3 is 0 Å². The summed E-state index contributed by atoms with van der Waals surface area (Å²) in [4.78, 5) is 15.4. The number of aromatic nitrogens is 3. The SMILES string of the molecule is CC1CCCN(S(=O)(=O)c2ccc(NCc3cccnc3-n3cccn3)c([N+](=O)[O-])c2)C1. The molecule has 2 aromatic heterocycles. The van der Waals surface area contributed by atoms with E-state index in [-0.39, 0.29) is 28.7 Å². The molecule has 11 heteroatoms. The summed E-state index contributed by atoms with van der Waals surface area (Å²) in [6.45, 7) is 3.11. The van der Waals surface area contributed by atoms with Crippen LogP contribution in [0.4, 0.5) is 11.4 Å². The monoisotopic (exact) mass is 456 g/mol. The van der Waals surface area contributed by atoms with Gasteiger partial charge in [-0.2, -0.15) is 9.40 Å². The Hall–Kier alpha value is -3.31. The number of pyridine rings is 1. The summed E-state index contributed by atoms with van der Waals surface area (Å²) in [6, 6.07) is 9.39. The van der Waals surface area contributed by atoms with Crippen molar-refractivity contribution in [3.05, 3.63) is 70.7 Å². The van der Waals surface area contributed by atoms with E-state index in [0.717, 1.165) is 24.5 Å². The first kappa shape index (κ1) is 21.9. The molecule has 0 radical (unpaired) electrons. The Labute approximate surface area is 186 Å². The van der Waals surface area contributed by atoms with Crippen molar-refractivity contribution in [2.45, 2.75) is 31.2 Å². The molecule has 3 aromatic rings. The fourth-order valence-electron chi connectivity index (χ4n) is 3.85. The van der Waals surface area contributed by atoms with E-state index in [4.69, 9.17) is 0 Å². The minimum absolute atomic E-state index is 0.0672. The molecule has 168 valence electrons. The lowest BCUT2D eigenvalue weighted by Gasteiger charge is -2.30. The van der Waals surface area contributed by atoms with Crippen molar-refractivity contribution in [3.63, 3.8) is 0 Å². The number of anilines is 1. The van der Waals surface area contributed by atoms with Gasteiger partial charge in [-0.15, -0.1) is 0 Å². The Bertz CT molecular complexity index is 1210. The number of nitrogens with one attached hydrogen (secondary N) is 1. The first-order valence-corrected chi connectivity index (χ1v) is 11.8. The topological polar surface area (TPSA) is 123 Å². The van der Waals surface area contributed by atoms with E-state index < -0.39 is 14.9 Å². The average Bonchev–Trinajstić information content (AvgIpc) is 3.32. The molecule has 1 atom stereocenters. The first-order valence-electron chi connectivity index (χ1n) is 10.3. The van der Waals surface area contributed by atoms with Crippen LogP contribution < -0.4 is 5.32 Å².